The van der Waals surface area contributed by atoms with Crippen molar-refractivity contribution in [2.45, 2.75) is 6.92 Å². The van der Waals surface area contributed by atoms with E-state index in [-0.39, 0.29) is 11.8 Å². The van der Waals surface area contributed by atoms with Gasteiger partial charge in [0.1, 0.15) is 5.82 Å². The molecule has 1 aromatic carbocycles. The molecule has 104 valence electrons. The molecule has 1 fully saturated rings. The number of benzene rings is 1. The lowest BCUT2D eigenvalue weighted by Gasteiger charge is -2.42. The standard InChI is InChI=1S/C15H15BrN2O2/c1-9(15(19)20)10-7-18(8-10)14-12-3-2-4-13(16)11(12)5-6-17-14/h2-6,9-10H,7-8H2,1H3,(H,19,20). The summed E-state index contributed by atoms with van der Waals surface area (Å²) in [7, 11) is 0. The molecule has 1 aliphatic heterocycles. The SMILES string of the molecule is CC(C(=O)O)C1CN(c2nccc3c(Br)cccc23)C1. The monoisotopic (exact) mass is 334 g/mol. The van der Waals surface area contributed by atoms with Gasteiger partial charge in [0.25, 0.3) is 0 Å². The Morgan fingerprint density at radius 2 is 2.15 bits per heavy atom. The average Bonchev–Trinajstić information content (AvgIpc) is 2.38. The minimum atomic E-state index is -0.719. The maximum atomic E-state index is 11.0. The second kappa shape index (κ2) is 5.05. The van der Waals surface area contributed by atoms with Crippen LogP contribution in [0.3, 0.4) is 0 Å². The summed E-state index contributed by atoms with van der Waals surface area (Å²) in [5.41, 5.74) is 0. The highest BCUT2D eigenvalue weighted by Crippen LogP contribution is 2.34. The van der Waals surface area contributed by atoms with Gasteiger partial charge in [-0.25, -0.2) is 4.98 Å². The molecular weight excluding hydrogens is 320 g/mol. The number of carboxylic acids is 1. The van der Waals surface area contributed by atoms with E-state index >= 15 is 0 Å². The summed E-state index contributed by atoms with van der Waals surface area (Å²) >= 11 is 3.55. The first kappa shape index (κ1) is 13.4. The van der Waals surface area contributed by atoms with Crippen LogP contribution >= 0.6 is 15.9 Å². The topological polar surface area (TPSA) is 53.4 Å². The van der Waals surface area contributed by atoms with Crippen LogP contribution in [0, 0.1) is 11.8 Å². The Morgan fingerprint density at radius 1 is 1.40 bits per heavy atom. The van der Waals surface area contributed by atoms with Gasteiger partial charge < -0.3 is 10.0 Å². The minimum absolute atomic E-state index is 0.205. The fraction of sp³-hybridized carbons (Fsp3) is 0.333. The van der Waals surface area contributed by atoms with Crippen LogP contribution in [-0.4, -0.2) is 29.1 Å². The van der Waals surface area contributed by atoms with Gasteiger partial charge in [0, 0.05) is 40.4 Å². The summed E-state index contributed by atoms with van der Waals surface area (Å²) in [5.74, 6) is 0.130. The summed E-state index contributed by atoms with van der Waals surface area (Å²) in [6.45, 7) is 3.29. The zero-order valence-corrected chi connectivity index (χ0v) is 12.7. The molecule has 1 atom stereocenters. The summed E-state index contributed by atoms with van der Waals surface area (Å²) in [6.07, 6.45) is 1.80. The molecule has 5 heteroatoms. The van der Waals surface area contributed by atoms with Gasteiger partial charge in [-0.3, -0.25) is 4.79 Å². The molecule has 0 amide bonds. The smallest absolute Gasteiger partial charge is 0.306 e. The maximum Gasteiger partial charge on any atom is 0.306 e. The van der Waals surface area contributed by atoms with E-state index in [2.05, 4.69) is 31.9 Å². The number of nitrogens with zero attached hydrogens (tertiary/aromatic N) is 2. The number of rotatable bonds is 3. The molecule has 1 aliphatic rings. The van der Waals surface area contributed by atoms with Crippen LogP contribution in [0.25, 0.3) is 10.8 Å². The van der Waals surface area contributed by atoms with Crippen molar-refractivity contribution in [2.24, 2.45) is 11.8 Å². The Balaban J connectivity index is 1.87. The molecule has 2 aromatic rings. The van der Waals surface area contributed by atoms with Gasteiger partial charge in [0.15, 0.2) is 0 Å². The van der Waals surface area contributed by atoms with Crippen molar-refractivity contribution in [3.63, 3.8) is 0 Å². The van der Waals surface area contributed by atoms with E-state index in [1.165, 1.54) is 0 Å². The van der Waals surface area contributed by atoms with Gasteiger partial charge in [-0.15, -0.1) is 0 Å². The largest absolute Gasteiger partial charge is 0.481 e. The summed E-state index contributed by atoms with van der Waals surface area (Å²) in [5, 5.41) is 11.3. The number of fused-ring (bicyclic) bond motifs is 1. The van der Waals surface area contributed by atoms with Gasteiger partial charge in [0.2, 0.25) is 0 Å². The normalized spacial score (nSPS) is 17.0. The summed E-state index contributed by atoms with van der Waals surface area (Å²) in [4.78, 5) is 17.6. The van der Waals surface area contributed by atoms with E-state index in [1.807, 2.05) is 18.2 Å². The number of hydrogen-bond donors (Lipinski definition) is 1. The first-order valence-electron chi connectivity index (χ1n) is 6.59. The van der Waals surface area contributed by atoms with Crippen LogP contribution in [0.15, 0.2) is 34.9 Å². The fourth-order valence-corrected chi connectivity index (χ4v) is 3.11. The zero-order valence-electron chi connectivity index (χ0n) is 11.1. The van der Waals surface area contributed by atoms with E-state index < -0.39 is 5.97 Å². The molecule has 2 heterocycles. The number of carbonyl (C=O) groups is 1. The van der Waals surface area contributed by atoms with Crippen molar-refractivity contribution in [3.8, 4) is 0 Å². The van der Waals surface area contributed by atoms with Crippen molar-refractivity contribution in [2.75, 3.05) is 18.0 Å². The maximum absolute atomic E-state index is 11.0. The number of halogens is 1. The zero-order chi connectivity index (χ0) is 14.3. The van der Waals surface area contributed by atoms with Gasteiger partial charge >= 0.3 is 5.97 Å². The number of anilines is 1. The second-order valence-electron chi connectivity index (χ2n) is 5.26. The lowest BCUT2D eigenvalue weighted by Crippen LogP contribution is -2.51. The van der Waals surface area contributed by atoms with E-state index in [0.29, 0.717) is 0 Å². The molecule has 0 saturated carbocycles. The number of aromatic nitrogens is 1. The first-order valence-corrected chi connectivity index (χ1v) is 7.38. The Labute approximate surface area is 125 Å². The number of carboxylic acid groups (broad SMARTS) is 1. The van der Waals surface area contributed by atoms with Crippen LogP contribution in [-0.2, 0) is 4.79 Å². The van der Waals surface area contributed by atoms with Crippen molar-refractivity contribution >= 4 is 38.5 Å². The second-order valence-corrected chi connectivity index (χ2v) is 6.12. The average molecular weight is 335 g/mol. The number of aliphatic carboxylic acids is 1. The summed E-state index contributed by atoms with van der Waals surface area (Å²) < 4.78 is 1.05. The van der Waals surface area contributed by atoms with Crippen molar-refractivity contribution in [3.05, 3.63) is 34.9 Å². The Hall–Kier alpha value is -1.62. The lowest BCUT2D eigenvalue weighted by molar-refractivity contribution is -0.143. The van der Waals surface area contributed by atoms with E-state index in [1.54, 1.807) is 13.1 Å². The summed E-state index contributed by atoms with van der Waals surface area (Å²) in [6, 6.07) is 8.04. The lowest BCUT2D eigenvalue weighted by atomic mass is 9.87. The van der Waals surface area contributed by atoms with Gasteiger partial charge in [-0.05, 0) is 12.1 Å². The third kappa shape index (κ3) is 2.16. The molecule has 3 rings (SSSR count). The van der Waals surface area contributed by atoms with Gasteiger partial charge in [-0.1, -0.05) is 35.0 Å². The minimum Gasteiger partial charge on any atom is -0.481 e. The molecule has 1 saturated heterocycles. The molecule has 4 nitrogen and oxygen atoms in total. The molecule has 0 bridgehead atoms. The highest BCUT2D eigenvalue weighted by atomic mass is 79.9. The third-order valence-electron chi connectivity index (χ3n) is 4.04. The van der Waals surface area contributed by atoms with Crippen LogP contribution in [0.5, 0.6) is 0 Å². The van der Waals surface area contributed by atoms with Crippen molar-refractivity contribution in [1.82, 2.24) is 4.98 Å². The third-order valence-corrected chi connectivity index (χ3v) is 4.73. The van der Waals surface area contributed by atoms with E-state index in [4.69, 9.17) is 5.11 Å². The van der Waals surface area contributed by atoms with E-state index in [9.17, 15) is 4.79 Å². The highest BCUT2D eigenvalue weighted by Gasteiger charge is 2.35. The van der Waals surface area contributed by atoms with Crippen LogP contribution in [0.2, 0.25) is 0 Å². The molecule has 0 spiro atoms. The fourth-order valence-electron chi connectivity index (χ4n) is 2.61. The Morgan fingerprint density at radius 3 is 2.85 bits per heavy atom. The predicted molar refractivity (Wildman–Crippen MR) is 81.9 cm³/mol. The molecule has 0 radical (unpaired) electrons. The molecule has 20 heavy (non-hydrogen) atoms. The van der Waals surface area contributed by atoms with Gasteiger partial charge in [-0.2, -0.15) is 0 Å². The van der Waals surface area contributed by atoms with Crippen molar-refractivity contribution < 1.29 is 9.90 Å². The Bertz CT molecular complexity index is 668. The molecule has 1 N–H and O–H groups in total. The predicted octanol–water partition coefficient (Wildman–Crippen LogP) is 3.15. The van der Waals surface area contributed by atoms with Crippen LogP contribution < -0.4 is 4.90 Å². The first-order chi connectivity index (χ1) is 9.58. The molecule has 1 unspecified atom stereocenters. The van der Waals surface area contributed by atoms with E-state index in [0.717, 1.165) is 34.2 Å². The van der Waals surface area contributed by atoms with Crippen LogP contribution in [0.1, 0.15) is 6.92 Å². The Kier molecular flexibility index (Phi) is 3.38. The number of pyridine rings is 1. The molecular formula is C15H15BrN2O2. The van der Waals surface area contributed by atoms with Gasteiger partial charge in [0.05, 0.1) is 5.92 Å². The van der Waals surface area contributed by atoms with Crippen molar-refractivity contribution in [1.29, 1.82) is 0 Å². The molecule has 0 aliphatic carbocycles. The number of hydrogen-bond acceptors (Lipinski definition) is 3. The quantitative estimate of drug-likeness (QED) is 0.936. The molecule has 1 aromatic heterocycles. The highest BCUT2D eigenvalue weighted by molar-refractivity contribution is 9.10. The van der Waals surface area contributed by atoms with Crippen LogP contribution in [0.4, 0.5) is 5.82 Å².